The molecular formula is C27H32N4O3. The minimum absolute atomic E-state index is 0.0329. The number of carbonyl (C=O) groups is 1. The van der Waals surface area contributed by atoms with Gasteiger partial charge in [-0.15, -0.1) is 0 Å². The zero-order valence-corrected chi connectivity index (χ0v) is 19.7. The molecule has 0 bridgehead atoms. The summed E-state index contributed by atoms with van der Waals surface area (Å²) in [6.45, 7) is 3.88. The summed E-state index contributed by atoms with van der Waals surface area (Å²) >= 11 is 0. The highest BCUT2D eigenvalue weighted by Gasteiger charge is 2.28. The Morgan fingerprint density at radius 1 is 1.06 bits per heavy atom. The molecule has 178 valence electrons. The highest BCUT2D eigenvalue weighted by molar-refractivity contribution is 5.82. The monoisotopic (exact) mass is 460 g/mol. The summed E-state index contributed by atoms with van der Waals surface area (Å²) in [7, 11) is 1.60. The van der Waals surface area contributed by atoms with E-state index in [1.807, 2.05) is 41.3 Å². The Kier molecular flexibility index (Phi) is 7.02. The van der Waals surface area contributed by atoms with Crippen molar-refractivity contribution in [2.24, 2.45) is 0 Å². The summed E-state index contributed by atoms with van der Waals surface area (Å²) < 4.78 is 11.1. The van der Waals surface area contributed by atoms with Crippen LogP contribution in [0.1, 0.15) is 54.7 Å². The molecule has 3 aromatic rings. The number of piperazine rings is 1. The number of hydrogen-bond donors (Lipinski definition) is 0. The Bertz CT molecular complexity index is 1090. The number of amides is 1. The van der Waals surface area contributed by atoms with Crippen LogP contribution in [0.2, 0.25) is 0 Å². The standard InChI is InChI=1S/C27H32N4O3/c1-33-24(21-9-3-2-4-10-21)27(32)31-16-14-30(15-17-31)19-20-8-7-13-23(18-20)25-28-26(34-29-25)22-11-5-6-12-22/h2-4,7-10,13,18,22,24H,5-6,11-12,14-17,19H2,1H3. The van der Waals surface area contributed by atoms with Crippen molar-refractivity contribution in [1.82, 2.24) is 19.9 Å². The Morgan fingerprint density at radius 2 is 1.82 bits per heavy atom. The van der Waals surface area contributed by atoms with Crippen LogP contribution < -0.4 is 0 Å². The first kappa shape index (κ1) is 22.7. The molecule has 2 fully saturated rings. The van der Waals surface area contributed by atoms with Crippen LogP contribution in [0.25, 0.3) is 11.4 Å². The maximum atomic E-state index is 13.1. The van der Waals surface area contributed by atoms with Gasteiger partial charge >= 0.3 is 0 Å². The van der Waals surface area contributed by atoms with Gasteiger partial charge in [-0.25, -0.2) is 0 Å². The van der Waals surface area contributed by atoms with Gasteiger partial charge in [-0.2, -0.15) is 4.98 Å². The van der Waals surface area contributed by atoms with Crippen LogP contribution in [0.4, 0.5) is 0 Å². The SMILES string of the molecule is COC(C(=O)N1CCN(Cc2cccc(-c3noc(C4CCCC4)n3)c2)CC1)c1ccccc1. The molecule has 1 aliphatic carbocycles. The van der Waals surface area contributed by atoms with Gasteiger partial charge in [0.15, 0.2) is 6.10 Å². The Labute approximate surface area is 200 Å². The number of aromatic nitrogens is 2. The molecule has 34 heavy (non-hydrogen) atoms. The molecule has 7 heteroatoms. The van der Waals surface area contributed by atoms with Crippen LogP contribution in [0, 0.1) is 0 Å². The zero-order chi connectivity index (χ0) is 23.3. The molecule has 1 aromatic heterocycles. The number of carbonyl (C=O) groups excluding carboxylic acids is 1. The number of methoxy groups -OCH3 is 1. The molecule has 1 atom stereocenters. The van der Waals surface area contributed by atoms with Gasteiger partial charge in [0.05, 0.1) is 0 Å². The van der Waals surface area contributed by atoms with Crippen molar-refractivity contribution >= 4 is 5.91 Å². The van der Waals surface area contributed by atoms with Crippen LogP contribution in [0.3, 0.4) is 0 Å². The van der Waals surface area contributed by atoms with Crippen molar-refractivity contribution in [2.45, 2.75) is 44.2 Å². The highest BCUT2D eigenvalue weighted by atomic mass is 16.5. The fourth-order valence-corrected chi connectivity index (χ4v) is 5.06. The summed E-state index contributed by atoms with van der Waals surface area (Å²) in [4.78, 5) is 22.0. The summed E-state index contributed by atoms with van der Waals surface area (Å²) in [5.41, 5.74) is 3.10. The van der Waals surface area contributed by atoms with Crippen molar-refractivity contribution in [2.75, 3.05) is 33.3 Å². The molecule has 5 rings (SSSR count). The molecule has 2 aromatic carbocycles. The maximum absolute atomic E-state index is 13.1. The number of rotatable bonds is 7. The van der Waals surface area contributed by atoms with E-state index in [4.69, 9.17) is 9.26 Å². The molecule has 1 aliphatic heterocycles. The summed E-state index contributed by atoms with van der Waals surface area (Å²) in [5.74, 6) is 1.91. The predicted octanol–water partition coefficient (Wildman–Crippen LogP) is 4.43. The van der Waals surface area contributed by atoms with Crippen molar-refractivity contribution in [3.05, 3.63) is 71.6 Å². The van der Waals surface area contributed by atoms with E-state index in [9.17, 15) is 4.79 Å². The molecule has 0 spiro atoms. The molecular weight excluding hydrogens is 428 g/mol. The lowest BCUT2D eigenvalue weighted by Crippen LogP contribution is -2.49. The van der Waals surface area contributed by atoms with Gasteiger partial charge in [-0.1, -0.05) is 66.5 Å². The minimum atomic E-state index is -0.548. The molecule has 1 amide bonds. The predicted molar refractivity (Wildman–Crippen MR) is 129 cm³/mol. The van der Waals surface area contributed by atoms with E-state index in [1.165, 1.54) is 18.4 Å². The molecule has 2 aliphatic rings. The Balaban J connectivity index is 1.18. The molecule has 2 heterocycles. The number of ether oxygens (including phenoxy) is 1. The molecule has 1 saturated heterocycles. The molecule has 1 unspecified atom stereocenters. The normalized spacial score (nSPS) is 18.3. The average molecular weight is 461 g/mol. The first-order valence-electron chi connectivity index (χ1n) is 12.2. The summed E-state index contributed by atoms with van der Waals surface area (Å²) in [6.07, 6.45) is 4.23. The summed E-state index contributed by atoms with van der Waals surface area (Å²) in [5, 5.41) is 4.24. The van der Waals surface area contributed by atoms with E-state index in [0.29, 0.717) is 24.8 Å². The third kappa shape index (κ3) is 5.05. The quantitative estimate of drug-likeness (QED) is 0.520. The van der Waals surface area contributed by atoms with Crippen molar-refractivity contribution in [3.63, 3.8) is 0 Å². The van der Waals surface area contributed by atoms with Crippen LogP contribution in [0.5, 0.6) is 0 Å². The largest absolute Gasteiger partial charge is 0.367 e. The molecule has 0 N–H and O–H groups in total. The summed E-state index contributed by atoms with van der Waals surface area (Å²) in [6, 6.07) is 18.1. The van der Waals surface area contributed by atoms with Gasteiger partial charge in [0.2, 0.25) is 11.7 Å². The Hall–Kier alpha value is -3.03. The average Bonchev–Trinajstić information content (AvgIpc) is 3.58. The highest BCUT2D eigenvalue weighted by Crippen LogP contribution is 2.34. The number of nitrogens with zero attached hydrogens (tertiary/aromatic N) is 4. The van der Waals surface area contributed by atoms with E-state index >= 15 is 0 Å². The lowest BCUT2D eigenvalue weighted by molar-refractivity contribution is -0.144. The van der Waals surface area contributed by atoms with Gasteiger partial charge in [-0.05, 0) is 30.0 Å². The second-order valence-electron chi connectivity index (χ2n) is 9.27. The van der Waals surface area contributed by atoms with Gasteiger partial charge < -0.3 is 14.2 Å². The van der Waals surface area contributed by atoms with E-state index in [0.717, 1.165) is 49.5 Å². The molecule has 0 radical (unpaired) electrons. The second-order valence-corrected chi connectivity index (χ2v) is 9.27. The van der Waals surface area contributed by atoms with Gasteiger partial charge in [0.1, 0.15) is 0 Å². The zero-order valence-electron chi connectivity index (χ0n) is 19.7. The van der Waals surface area contributed by atoms with Gasteiger partial charge in [0, 0.05) is 51.3 Å². The lowest BCUT2D eigenvalue weighted by atomic mass is 10.1. The van der Waals surface area contributed by atoms with Crippen molar-refractivity contribution in [1.29, 1.82) is 0 Å². The minimum Gasteiger partial charge on any atom is -0.367 e. The fourth-order valence-electron chi connectivity index (χ4n) is 5.06. The van der Waals surface area contributed by atoms with Crippen LogP contribution in [-0.2, 0) is 16.1 Å². The van der Waals surface area contributed by atoms with Crippen LogP contribution in [-0.4, -0.2) is 59.1 Å². The van der Waals surface area contributed by atoms with Gasteiger partial charge in [0.25, 0.3) is 5.91 Å². The van der Waals surface area contributed by atoms with E-state index in [2.05, 4.69) is 33.2 Å². The maximum Gasteiger partial charge on any atom is 0.256 e. The number of benzene rings is 2. The van der Waals surface area contributed by atoms with Crippen molar-refractivity contribution in [3.8, 4) is 11.4 Å². The van der Waals surface area contributed by atoms with E-state index in [-0.39, 0.29) is 5.91 Å². The third-order valence-corrected chi connectivity index (χ3v) is 6.98. The van der Waals surface area contributed by atoms with Gasteiger partial charge in [-0.3, -0.25) is 9.69 Å². The van der Waals surface area contributed by atoms with Crippen molar-refractivity contribution < 1.29 is 14.1 Å². The van der Waals surface area contributed by atoms with E-state index in [1.54, 1.807) is 7.11 Å². The first-order valence-corrected chi connectivity index (χ1v) is 12.2. The second kappa shape index (κ2) is 10.5. The van der Waals surface area contributed by atoms with E-state index < -0.39 is 6.10 Å². The number of hydrogen-bond acceptors (Lipinski definition) is 6. The van der Waals surface area contributed by atoms with Crippen LogP contribution in [0.15, 0.2) is 59.1 Å². The van der Waals surface area contributed by atoms with Crippen LogP contribution >= 0.6 is 0 Å². The smallest absolute Gasteiger partial charge is 0.256 e. The Morgan fingerprint density at radius 3 is 2.56 bits per heavy atom. The molecule has 1 saturated carbocycles. The molecule has 7 nitrogen and oxygen atoms in total. The first-order chi connectivity index (χ1) is 16.7. The fraction of sp³-hybridized carbons (Fsp3) is 0.444. The third-order valence-electron chi connectivity index (χ3n) is 6.98. The topological polar surface area (TPSA) is 71.7 Å². The lowest BCUT2D eigenvalue weighted by Gasteiger charge is -2.36.